The van der Waals surface area contributed by atoms with E-state index in [-0.39, 0.29) is 11.9 Å². The highest BCUT2D eigenvalue weighted by molar-refractivity contribution is 5.37. The van der Waals surface area contributed by atoms with Crippen LogP contribution in [0.3, 0.4) is 0 Å². The van der Waals surface area contributed by atoms with Crippen LogP contribution in [0.2, 0.25) is 0 Å². The van der Waals surface area contributed by atoms with Crippen molar-refractivity contribution in [3.8, 4) is 0 Å². The van der Waals surface area contributed by atoms with Gasteiger partial charge in [0.05, 0.1) is 0 Å². The summed E-state index contributed by atoms with van der Waals surface area (Å²) in [7, 11) is 0. The molecule has 0 amide bonds. The van der Waals surface area contributed by atoms with Gasteiger partial charge < -0.3 is 11.5 Å². The van der Waals surface area contributed by atoms with Gasteiger partial charge in [-0.2, -0.15) is 15.0 Å². The molecule has 7 nitrogen and oxygen atoms in total. The molecule has 0 saturated carbocycles. The van der Waals surface area contributed by atoms with Crippen molar-refractivity contribution >= 4 is 17.8 Å². The number of nitrogens with two attached hydrogens (primary N) is 2. The predicted octanol–water partition coefficient (Wildman–Crippen LogP) is 0.262. The van der Waals surface area contributed by atoms with E-state index < -0.39 is 0 Å². The molecular weight excluding hydrogens is 206 g/mol. The third-order valence-electron chi connectivity index (χ3n) is 1.73. The second-order valence-corrected chi connectivity index (χ2v) is 2.96. The van der Waals surface area contributed by atoms with Gasteiger partial charge >= 0.3 is 0 Å². The lowest BCUT2D eigenvalue weighted by Gasteiger charge is -2.15. The van der Waals surface area contributed by atoms with Crippen LogP contribution in [-0.4, -0.2) is 20.0 Å². The van der Waals surface area contributed by atoms with Crippen LogP contribution in [0.4, 0.5) is 17.8 Å². The first kappa shape index (κ1) is 9.97. The van der Waals surface area contributed by atoms with E-state index in [9.17, 15) is 0 Å². The van der Waals surface area contributed by atoms with Gasteiger partial charge in [0.1, 0.15) is 0 Å². The molecule has 7 heteroatoms. The number of nitrogens with one attached hydrogen (secondary N) is 1. The first-order valence-electron chi connectivity index (χ1n) is 4.58. The van der Waals surface area contributed by atoms with E-state index in [1.807, 2.05) is 24.3 Å². The number of allylic oxidation sites excluding steroid dienone is 4. The first-order valence-corrected chi connectivity index (χ1v) is 4.58. The number of nitrogen functional groups attached to an aromatic ring is 2. The molecule has 0 atom stereocenters. The molecule has 1 aromatic heterocycles. The Bertz CT molecular complexity index is 427. The van der Waals surface area contributed by atoms with Gasteiger partial charge in [-0.05, 0) is 12.2 Å². The van der Waals surface area contributed by atoms with Gasteiger partial charge in [0, 0.05) is 12.4 Å². The van der Waals surface area contributed by atoms with E-state index in [4.69, 9.17) is 11.5 Å². The Kier molecular flexibility index (Phi) is 2.68. The zero-order valence-corrected chi connectivity index (χ0v) is 8.41. The average molecular weight is 217 g/mol. The first-order chi connectivity index (χ1) is 7.74. The number of anilines is 3. The fraction of sp³-hybridized carbons (Fsp3) is 0. The summed E-state index contributed by atoms with van der Waals surface area (Å²) in [5, 5.41) is 1.67. The van der Waals surface area contributed by atoms with Gasteiger partial charge in [-0.25, -0.2) is 0 Å². The summed E-state index contributed by atoms with van der Waals surface area (Å²) in [4.78, 5) is 11.5. The molecule has 0 aliphatic carbocycles. The average Bonchev–Trinajstić information content (AvgIpc) is 2.44. The molecule has 1 aliphatic heterocycles. The van der Waals surface area contributed by atoms with Crippen LogP contribution in [0.5, 0.6) is 0 Å². The van der Waals surface area contributed by atoms with E-state index in [0.717, 1.165) is 0 Å². The van der Waals surface area contributed by atoms with Crippen molar-refractivity contribution in [2.24, 2.45) is 0 Å². The monoisotopic (exact) mass is 217 g/mol. The minimum absolute atomic E-state index is 0.0795. The molecule has 1 aliphatic rings. The number of hydrogen-bond acceptors (Lipinski definition) is 7. The lowest BCUT2D eigenvalue weighted by atomic mass is 10.5. The topological polar surface area (TPSA) is 106 Å². The molecule has 82 valence electrons. The van der Waals surface area contributed by atoms with E-state index in [1.165, 1.54) is 0 Å². The molecule has 0 unspecified atom stereocenters. The third kappa shape index (κ3) is 2.47. The summed E-state index contributed by atoms with van der Waals surface area (Å²) < 4.78 is 0. The van der Waals surface area contributed by atoms with Crippen LogP contribution >= 0.6 is 0 Å². The van der Waals surface area contributed by atoms with Crippen LogP contribution in [-0.2, 0) is 0 Å². The summed E-state index contributed by atoms with van der Waals surface area (Å²) in [6, 6.07) is 0. The van der Waals surface area contributed by atoms with Crippen LogP contribution in [0, 0.1) is 0 Å². The molecule has 0 radical (unpaired) electrons. The molecule has 16 heavy (non-hydrogen) atoms. The van der Waals surface area contributed by atoms with Gasteiger partial charge in [-0.15, -0.1) is 0 Å². The van der Waals surface area contributed by atoms with Gasteiger partial charge in [-0.3, -0.25) is 10.4 Å². The Balaban J connectivity index is 2.14. The molecule has 5 N–H and O–H groups in total. The number of rotatable bonds is 2. The summed E-state index contributed by atoms with van der Waals surface area (Å²) in [5.74, 6) is 0.452. The van der Waals surface area contributed by atoms with Crippen LogP contribution in [0.1, 0.15) is 0 Å². The summed E-state index contributed by atoms with van der Waals surface area (Å²) in [6.07, 6.45) is 11.1. The zero-order valence-electron chi connectivity index (χ0n) is 8.41. The van der Waals surface area contributed by atoms with Gasteiger partial charge in [0.2, 0.25) is 17.8 Å². The lowest BCUT2D eigenvalue weighted by Crippen LogP contribution is -2.20. The van der Waals surface area contributed by atoms with E-state index >= 15 is 0 Å². The summed E-state index contributed by atoms with van der Waals surface area (Å²) in [6.45, 7) is 0. The fourth-order valence-corrected chi connectivity index (χ4v) is 1.11. The Labute approximate surface area is 92.2 Å². The molecule has 2 heterocycles. The van der Waals surface area contributed by atoms with Crippen molar-refractivity contribution in [3.05, 3.63) is 36.7 Å². The maximum atomic E-state index is 5.45. The van der Waals surface area contributed by atoms with E-state index in [0.29, 0.717) is 5.95 Å². The molecule has 0 saturated heterocycles. The van der Waals surface area contributed by atoms with Crippen molar-refractivity contribution in [3.63, 3.8) is 0 Å². The summed E-state index contributed by atoms with van der Waals surface area (Å²) >= 11 is 0. The Morgan fingerprint density at radius 2 is 1.44 bits per heavy atom. The molecule has 0 fully saturated rings. The second kappa shape index (κ2) is 4.30. The van der Waals surface area contributed by atoms with Crippen LogP contribution < -0.4 is 16.9 Å². The van der Waals surface area contributed by atoms with E-state index in [2.05, 4.69) is 20.4 Å². The third-order valence-corrected chi connectivity index (χ3v) is 1.73. The quantitative estimate of drug-likeness (QED) is 0.652. The highest BCUT2D eigenvalue weighted by Crippen LogP contribution is 2.06. The van der Waals surface area contributed by atoms with Crippen LogP contribution in [0.15, 0.2) is 36.7 Å². The largest absolute Gasteiger partial charge is 0.368 e. The SMILES string of the molecule is Nc1nc(N)nc(NN2C=CC=CC=C2)n1. The molecule has 2 rings (SSSR count). The maximum Gasteiger partial charge on any atom is 0.248 e. The molecule has 0 spiro atoms. The smallest absolute Gasteiger partial charge is 0.248 e. The van der Waals surface area contributed by atoms with Gasteiger partial charge in [0.15, 0.2) is 0 Å². The van der Waals surface area contributed by atoms with Gasteiger partial charge in [-0.1, -0.05) is 12.2 Å². The number of hydrogen-bond donors (Lipinski definition) is 3. The van der Waals surface area contributed by atoms with E-state index in [1.54, 1.807) is 17.4 Å². The number of aromatic nitrogens is 3. The van der Waals surface area contributed by atoms with Gasteiger partial charge in [0.25, 0.3) is 0 Å². The number of nitrogens with zero attached hydrogens (tertiary/aromatic N) is 4. The molecule has 0 bridgehead atoms. The maximum absolute atomic E-state index is 5.45. The highest BCUT2D eigenvalue weighted by atomic mass is 15.5. The minimum Gasteiger partial charge on any atom is -0.368 e. The standard InChI is InChI=1S/C9H11N7/c10-7-12-8(11)14-9(13-7)15-16-5-3-1-2-4-6-16/h1-6H,(H5,10,11,12,13,14,15). The molecule has 0 aromatic carbocycles. The lowest BCUT2D eigenvalue weighted by molar-refractivity contribution is 0.602. The van der Waals surface area contributed by atoms with Crippen molar-refractivity contribution in [2.75, 3.05) is 16.9 Å². The molecule has 1 aromatic rings. The zero-order chi connectivity index (χ0) is 11.4. The Morgan fingerprint density at radius 1 is 0.875 bits per heavy atom. The predicted molar refractivity (Wildman–Crippen MR) is 61.5 cm³/mol. The Morgan fingerprint density at radius 3 is 2.00 bits per heavy atom. The fourth-order valence-electron chi connectivity index (χ4n) is 1.11. The Hall–Kier alpha value is -2.57. The van der Waals surface area contributed by atoms with Crippen molar-refractivity contribution < 1.29 is 0 Å². The summed E-state index contributed by atoms with van der Waals surface area (Å²) in [5.41, 5.74) is 13.8. The van der Waals surface area contributed by atoms with Crippen LogP contribution in [0.25, 0.3) is 0 Å². The number of hydrazine groups is 1. The normalized spacial score (nSPS) is 13.9. The van der Waals surface area contributed by atoms with Crippen molar-refractivity contribution in [1.82, 2.24) is 20.0 Å². The van der Waals surface area contributed by atoms with Crippen molar-refractivity contribution in [2.45, 2.75) is 0 Å². The molecular formula is C9H11N7. The highest BCUT2D eigenvalue weighted by Gasteiger charge is 2.03. The second-order valence-electron chi connectivity index (χ2n) is 2.96. The van der Waals surface area contributed by atoms with Crippen molar-refractivity contribution in [1.29, 1.82) is 0 Å². The minimum atomic E-state index is 0.0795.